The van der Waals surface area contributed by atoms with Crippen LogP contribution in [0.25, 0.3) is 0 Å². The van der Waals surface area contributed by atoms with Crippen molar-refractivity contribution >= 4 is 5.91 Å². The smallest absolute Gasteiger partial charge is 0.234 e. The summed E-state index contributed by atoms with van der Waals surface area (Å²) < 4.78 is 0. The van der Waals surface area contributed by atoms with Gasteiger partial charge in [0.05, 0.1) is 12.1 Å². The molecule has 0 spiro atoms. The maximum absolute atomic E-state index is 12.1. The van der Waals surface area contributed by atoms with Crippen LogP contribution in [0.5, 0.6) is 0 Å². The van der Waals surface area contributed by atoms with Gasteiger partial charge in [-0.05, 0) is 39.2 Å². The van der Waals surface area contributed by atoms with Crippen LogP contribution in [0.3, 0.4) is 0 Å². The first-order valence-corrected chi connectivity index (χ1v) is 7.56. The Morgan fingerprint density at radius 3 is 2.53 bits per heavy atom. The SMILES string of the molecule is CCN(CC(=O)NC1CCCCC1C)CC(C)(C)O. The minimum atomic E-state index is -0.756. The Hall–Kier alpha value is -0.610. The van der Waals surface area contributed by atoms with Crippen molar-refractivity contribution in [1.29, 1.82) is 0 Å². The molecule has 2 atom stereocenters. The van der Waals surface area contributed by atoms with Crippen LogP contribution < -0.4 is 5.32 Å². The van der Waals surface area contributed by atoms with E-state index in [1.165, 1.54) is 19.3 Å². The van der Waals surface area contributed by atoms with Crippen molar-refractivity contribution in [2.75, 3.05) is 19.6 Å². The largest absolute Gasteiger partial charge is 0.389 e. The van der Waals surface area contributed by atoms with Crippen molar-refractivity contribution in [3.05, 3.63) is 0 Å². The second-order valence-electron chi connectivity index (χ2n) is 6.55. The van der Waals surface area contributed by atoms with Gasteiger partial charge in [-0.25, -0.2) is 0 Å². The van der Waals surface area contributed by atoms with Gasteiger partial charge in [-0.3, -0.25) is 9.69 Å². The first-order valence-electron chi connectivity index (χ1n) is 7.56. The highest BCUT2D eigenvalue weighted by Crippen LogP contribution is 2.23. The number of carbonyl (C=O) groups excluding carboxylic acids is 1. The molecule has 1 fully saturated rings. The zero-order valence-electron chi connectivity index (χ0n) is 12.9. The lowest BCUT2D eigenvalue weighted by atomic mass is 9.86. The zero-order valence-corrected chi connectivity index (χ0v) is 12.9. The van der Waals surface area contributed by atoms with E-state index in [4.69, 9.17) is 0 Å². The molecule has 1 aliphatic rings. The minimum absolute atomic E-state index is 0.0878. The van der Waals surface area contributed by atoms with Crippen LogP contribution >= 0.6 is 0 Å². The van der Waals surface area contributed by atoms with E-state index in [0.717, 1.165) is 13.0 Å². The molecule has 0 aliphatic heterocycles. The van der Waals surface area contributed by atoms with Gasteiger partial charge in [0.15, 0.2) is 0 Å². The molecular formula is C15H30N2O2. The van der Waals surface area contributed by atoms with E-state index >= 15 is 0 Å². The maximum Gasteiger partial charge on any atom is 0.234 e. The first-order chi connectivity index (χ1) is 8.81. The Morgan fingerprint density at radius 1 is 1.37 bits per heavy atom. The number of likely N-dealkylation sites (N-methyl/N-ethyl adjacent to an activating group) is 1. The molecule has 1 rings (SSSR count). The molecular weight excluding hydrogens is 240 g/mol. The van der Waals surface area contributed by atoms with Crippen molar-refractivity contribution < 1.29 is 9.90 Å². The van der Waals surface area contributed by atoms with Crippen molar-refractivity contribution in [2.24, 2.45) is 5.92 Å². The highest BCUT2D eigenvalue weighted by molar-refractivity contribution is 5.78. The number of carbonyl (C=O) groups is 1. The van der Waals surface area contributed by atoms with Gasteiger partial charge in [0.2, 0.25) is 5.91 Å². The van der Waals surface area contributed by atoms with Gasteiger partial charge < -0.3 is 10.4 Å². The molecule has 1 aliphatic carbocycles. The zero-order chi connectivity index (χ0) is 14.5. The van der Waals surface area contributed by atoms with Gasteiger partial charge in [0, 0.05) is 12.6 Å². The fraction of sp³-hybridized carbons (Fsp3) is 0.933. The number of hydrogen-bond donors (Lipinski definition) is 2. The number of rotatable bonds is 6. The van der Waals surface area contributed by atoms with Gasteiger partial charge in [0.1, 0.15) is 0 Å². The lowest BCUT2D eigenvalue weighted by molar-refractivity contribution is -0.124. The second kappa shape index (κ2) is 7.25. The van der Waals surface area contributed by atoms with Gasteiger partial charge in [-0.15, -0.1) is 0 Å². The monoisotopic (exact) mass is 270 g/mol. The summed E-state index contributed by atoms with van der Waals surface area (Å²) in [5.74, 6) is 0.673. The first kappa shape index (κ1) is 16.4. The lowest BCUT2D eigenvalue weighted by Crippen LogP contribution is -2.48. The van der Waals surface area contributed by atoms with Crippen LogP contribution in [0, 0.1) is 5.92 Å². The Balaban J connectivity index is 2.40. The second-order valence-corrected chi connectivity index (χ2v) is 6.55. The van der Waals surface area contributed by atoms with Gasteiger partial charge in [-0.1, -0.05) is 26.7 Å². The van der Waals surface area contributed by atoms with E-state index < -0.39 is 5.60 Å². The normalized spacial score (nSPS) is 24.5. The average molecular weight is 270 g/mol. The topological polar surface area (TPSA) is 52.6 Å². The van der Waals surface area contributed by atoms with E-state index in [2.05, 4.69) is 12.2 Å². The summed E-state index contributed by atoms with van der Waals surface area (Å²) >= 11 is 0. The molecule has 19 heavy (non-hydrogen) atoms. The average Bonchev–Trinajstić information content (AvgIpc) is 2.29. The molecule has 112 valence electrons. The van der Waals surface area contributed by atoms with E-state index in [0.29, 0.717) is 25.0 Å². The molecule has 0 aromatic heterocycles. The molecule has 4 heteroatoms. The predicted molar refractivity (Wildman–Crippen MR) is 78.0 cm³/mol. The Morgan fingerprint density at radius 2 is 2.00 bits per heavy atom. The summed E-state index contributed by atoms with van der Waals surface area (Å²) in [6, 6.07) is 0.335. The molecule has 0 heterocycles. The number of nitrogens with zero attached hydrogens (tertiary/aromatic N) is 1. The Labute approximate surface area is 117 Å². The standard InChI is InChI=1S/C15H30N2O2/c1-5-17(11-15(3,4)19)10-14(18)16-13-9-7-6-8-12(13)2/h12-13,19H,5-11H2,1-4H3,(H,16,18). The molecule has 0 radical (unpaired) electrons. The molecule has 0 aromatic carbocycles. The van der Waals surface area contributed by atoms with E-state index in [-0.39, 0.29) is 5.91 Å². The number of nitrogens with one attached hydrogen (secondary N) is 1. The van der Waals surface area contributed by atoms with Crippen LogP contribution in [-0.4, -0.2) is 47.2 Å². The lowest BCUT2D eigenvalue weighted by Gasteiger charge is -2.31. The number of hydrogen-bond acceptors (Lipinski definition) is 3. The molecule has 1 saturated carbocycles. The quantitative estimate of drug-likeness (QED) is 0.773. The summed E-state index contributed by atoms with van der Waals surface area (Å²) in [6.45, 7) is 9.47. The van der Waals surface area contributed by atoms with Crippen LogP contribution in [0.15, 0.2) is 0 Å². The third-order valence-electron chi connectivity index (χ3n) is 3.88. The van der Waals surface area contributed by atoms with Crippen LogP contribution in [0.4, 0.5) is 0 Å². The molecule has 1 amide bonds. The van der Waals surface area contributed by atoms with Crippen molar-refractivity contribution in [1.82, 2.24) is 10.2 Å². The number of amides is 1. The van der Waals surface area contributed by atoms with Crippen LogP contribution in [-0.2, 0) is 4.79 Å². The number of aliphatic hydroxyl groups is 1. The summed E-state index contributed by atoms with van der Waals surface area (Å²) in [5.41, 5.74) is -0.756. The Kier molecular flexibility index (Phi) is 6.27. The highest BCUT2D eigenvalue weighted by Gasteiger charge is 2.24. The van der Waals surface area contributed by atoms with E-state index in [1.54, 1.807) is 13.8 Å². The third-order valence-corrected chi connectivity index (χ3v) is 3.88. The van der Waals surface area contributed by atoms with E-state index in [9.17, 15) is 9.90 Å². The predicted octanol–water partition coefficient (Wildman–Crippen LogP) is 1.77. The summed E-state index contributed by atoms with van der Waals surface area (Å²) in [7, 11) is 0. The fourth-order valence-electron chi connectivity index (χ4n) is 2.81. The summed E-state index contributed by atoms with van der Waals surface area (Å²) in [5, 5.41) is 13.0. The van der Waals surface area contributed by atoms with Crippen molar-refractivity contribution in [2.45, 2.75) is 65.0 Å². The van der Waals surface area contributed by atoms with Crippen LogP contribution in [0.2, 0.25) is 0 Å². The van der Waals surface area contributed by atoms with Crippen LogP contribution in [0.1, 0.15) is 53.4 Å². The van der Waals surface area contributed by atoms with Crippen molar-refractivity contribution in [3.63, 3.8) is 0 Å². The third kappa shape index (κ3) is 6.39. The molecule has 2 unspecified atom stereocenters. The highest BCUT2D eigenvalue weighted by atomic mass is 16.3. The summed E-state index contributed by atoms with van der Waals surface area (Å²) in [4.78, 5) is 14.1. The summed E-state index contributed by atoms with van der Waals surface area (Å²) in [6.07, 6.45) is 4.82. The molecule has 4 nitrogen and oxygen atoms in total. The Bertz CT molecular complexity index is 286. The maximum atomic E-state index is 12.1. The van der Waals surface area contributed by atoms with E-state index in [1.807, 2.05) is 11.8 Å². The van der Waals surface area contributed by atoms with Gasteiger partial charge in [0.25, 0.3) is 0 Å². The van der Waals surface area contributed by atoms with Gasteiger partial charge in [-0.2, -0.15) is 0 Å². The minimum Gasteiger partial charge on any atom is -0.389 e. The molecule has 0 aromatic rings. The molecule has 0 bridgehead atoms. The fourth-order valence-corrected chi connectivity index (χ4v) is 2.81. The molecule has 0 saturated heterocycles. The molecule has 2 N–H and O–H groups in total. The van der Waals surface area contributed by atoms with Crippen molar-refractivity contribution in [3.8, 4) is 0 Å². The van der Waals surface area contributed by atoms with Gasteiger partial charge >= 0.3 is 0 Å².